The molecule has 20 heavy (non-hydrogen) atoms. The summed E-state index contributed by atoms with van der Waals surface area (Å²) in [4.78, 5) is 24.8. The average Bonchev–Trinajstić information content (AvgIpc) is 2.45. The molecule has 0 aliphatic rings. The van der Waals surface area contributed by atoms with E-state index in [1.54, 1.807) is 19.1 Å². The molecule has 1 aromatic carbocycles. The van der Waals surface area contributed by atoms with Crippen molar-refractivity contribution in [3.8, 4) is 0 Å². The number of hydrogen-bond acceptors (Lipinski definition) is 3. The predicted octanol–water partition coefficient (Wildman–Crippen LogP) is 2.28. The number of carbonyl (C=O) groups is 2. The van der Waals surface area contributed by atoms with E-state index < -0.39 is 5.97 Å². The number of ether oxygens (including phenoxy) is 1. The minimum Gasteiger partial charge on any atom is -0.465 e. The highest BCUT2D eigenvalue weighted by Crippen LogP contribution is 2.02. The molecule has 1 rings (SSSR count). The minimum absolute atomic E-state index is 0.0716. The molecule has 1 amide bonds. The van der Waals surface area contributed by atoms with Crippen LogP contribution in [0.1, 0.15) is 12.5 Å². The van der Waals surface area contributed by atoms with Gasteiger partial charge in [-0.15, -0.1) is 6.58 Å². The molecule has 0 aliphatic heterocycles. The summed E-state index contributed by atoms with van der Waals surface area (Å²) in [6.45, 7) is 5.84. The second-order valence-electron chi connectivity index (χ2n) is 4.06. The first kappa shape index (κ1) is 15.7. The lowest BCUT2D eigenvalue weighted by Gasteiger charge is -2.18. The van der Waals surface area contributed by atoms with Crippen LogP contribution in [-0.2, 0) is 14.3 Å². The smallest absolute Gasteiger partial charge is 0.325 e. The van der Waals surface area contributed by atoms with Crippen molar-refractivity contribution in [3.05, 3.63) is 54.6 Å². The van der Waals surface area contributed by atoms with E-state index in [1.807, 2.05) is 30.3 Å². The molecular weight excluding hydrogens is 254 g/mol. The van der Waals surface area contributed by atoms with E-state index >= 15 is 0 Å². The fourth-order valence-corrected chi connectivity index (χ4v) is 1.59. The zero-order chi connectivity index (χ0) is 14.8. The Morgan fingerprint density at radius 1 is 1.30 bits per heavy atom. The SMILES string of the molecule is C=CCN(CC(=O)OCC)C(=O)/C=C/c1ccccc1. The summed E-state index contributed by atoms with van der Waals surface area (Å²) in [5, 5.41) is 0. The predicted molar refractivity (Wildman–Crippen MR) is 78.9 cm³/mol. The van der Waals surface area contributed by atoms with Crippen molar-refractivity contribution in [2.45, 2.75) is 6.92 Å². The van der Waals surface area contributed by atoms with Crippen molar-refractivity contribution >= 4 is 18.0 Å². The van der Waals surface area contributed by atoms with E-state index in [-0.39, 0.29) is 12.5 Å². The first-order chi connectivity index (χ1) is 9.67. The fourth-order valence-electron chi connectivity index (χ4n) is 1.59. The normalized spacial score (nSPS) is 10.2. The first-order valence-corrected chi connectivity index (χ1v) is 6.46. The topological polar surface area (TPSA) is 46.6 Å². The molecule has 0 fully saturated rings. The van der Waals surface area contributed by atoms with Crippen LogP contribution < -0.4 is 0 Å². The van der Waals surface area contributed by atoms with Crippen LogP contribution in [0.3, 0.4) is 0 Å². The number of esters is 1. The van der Waals surface area contributed by atoms with Gasteiger partial charge in [-0.1, -0.05) is 36.4 Å². The number of rotatable bonds is 7. The highest BCUT2D eigenvalue weighted by Gasteiger charge is 2.14. The van der Waals surface area contributed by atoms with E-state index in [9.17, 15) is 9.59 Å². The summed E-state index contributed by atoms with van der Waals surface area (Å²) >= 11 is 0. The van der Waals surface area contributed by atoms with Crippen LogP contribution in [-0.4, -0.2) is 36.5 Å². The Morgan fingerprint density at radius 3 is 2.60 bits per heavy atom. The lowest BCUT2D eigenvalue weighted by Crippen LogP contribution is -2.35. The summed E-state index contributed by atoms with van der Waals surface area (Å²) in [5.74, 6) is -0.669. The van der Waals surface area contributed by atoms with Gasteiger partial charge < -0.3 is 9.64 Å². The zero-order valence-electron chi connectivity index (χ0n) is 11.6. The summed E-state index contributed by atoms with van der Waals surface area (Å²) in [6, 6.07) is 9.48. The number of benzene rings is 1. The van der Waals surface area contributed by atoms with Crippen LogP contribution in [0.15, 0.2) is 49.1 Å². The molecule has 0 aromatic heterocycles. The van der Waals surface area contributed by atoms with Crippen LogP contribution in [0, 0.1) is 0 Å². The molecule has 0 radical (unpaired) electrons. The van der Waals surface area contributed by atoms with Crippen molar-refractivity contribution in [1.82, 2.24) is 4.90 Å². The summed E-state index contributed by atoms with van der Waals surface area (Å²) in [7, 11) is 0. The maximum absolute atomic E-state index is 12.0. The number of amides is 1. The van der Waals surface area contributed by atoms with E-state index in [1.165, 1.54) is 11.0 Å². The second kappa shape index (κ2) is 8.69. The molecule has 0 atom stereocenters. The highest BCUT2D eigenvalue weighted by atomic mass is 16.5. The van der Waals surface area contributed by atoms with Gasteiger partial charge >= 0.3 is 5.97 Å². The van der Waals surface area contributed by atoms with Crippen molar-refractivity contribution in [2.75, 3.05) is 19.7 Å². The Morgan fingerprint density at radius 2 is 2.00 bits per heavy atom. The largest absolute Gasteiger partial charge is 0.465 e. The molecule has 1 aromatic rings. The third-order valence-corrected chi connectivity index (χ3v) is 2.50. The Kier molecular flexibility index (Phi) is 6.82. The fraction of sp³-hybridized carbons (Fsp3) is 0.250. The molecule has 4 nitrogen and oxygen atoms in total. The summed E-state index contributed by atoms with van der Waals surface area (Å²) in [5.41, 5.74) is 0.926. The van der Waals surface area contributed by atoms with Gasteiger partial charge in [0.2, 0.25) is 5.91 Å². The van der Waals surface area contributed by atoms with Crippen LogP contribution >= 0.6 is 0 Å². The molecule has 0 saturated carbocycles. The number of hydrogen-bond donors (Lipinski definition) is 0. The van der Waals surface area contributed by atoms with Gasteiger partial charge in [0.25, 0.3) is 0 Å². The summed E-state index contributed by atoms with van der Waals surface area (Å²) in [6.07, 6.45) is 4.73. The van der Waals surface area contributed by atoms with Crippen molar-refractivity contribution < 1.29 is 14.3 Å². The standard InChI is InChI=1S/C16H19NO3/c1-3-12-17(13-16(19)20-4-2)15(18)11-10-14-8-6-5-7-9-14/h3,5-11H,1,4,12-13H2,2H3/b11-10+. The molecule has 0 bridgehead atoms. The highest BCUT2D eigenvalue weighted by molar-refractivity contribution is 5.93. The van der Waals surface area contributed by atoms with Gasteiger partial charge in [-0.25, -0.2) is 0 Å². The second-order valence-corrected chi connectivity index (χ2v) is 4.06. The molecular formula is C16H19NO3. The lowest BCUT2D eigenvalue weighted by atomic mass is 10.2. The molecule has 0 N–H and O–H groups in total. The number of nitrogens with zero attached hydrogens (tertiary/aromatic N) is 1. The van der Waals surface area contributed by atoms with E-state index in [0.29, 0.717) is 13.2 Å². The molecule has 0 aliphatic carbocycles. The monoisotopic (exact) mass is 273 g/mol. The summed E-state index contributed by atoms with van der Waals surface area (Å²) < 4.78 is 4.84. The van der Waals surface area contributed by atoms with Crippen molar-refractivity contribution in [2.24, 2.45) is 0 Å². The Bertz CT molecular complexity index is 480. The van der Waals surface area contributed by atoms with E-state index in [2.05, 4.69) is 6.58 Å². The molecule has 4 heteroatoms. The molecule has 0 saturated heterocycles. The quantitative estimate of drug-likeness (QED) is 0.435. The van der Waals surface area contributed by atoms with Crippen molar-refractivity contribution in [3.63, 3.8) is 0 Å². The minimum atomic E-state index is -0.421. The van der Waals surface area contributed by atoms with Crippen LogP contribution in [0.4, 0.5) is 0 Å². The molecule has 106 valence electrons. The lowest BCUT2D eigenvalue weighted by molar-refractivity contribution is -0.147. The van der Waals surface area contributed by atoms with E-state index in [0.717, 1.165) is 5.56 Å². The average molecular weight is 273 g/mol. The first-order valence-electron chi connectivity index (χ1n) is 6.46. The molecule has 0 spiro atoms. The van der Waals surface area contributed by atoms with Gasteiger partial charge in [0.05, 0.1) is 6.61 Å². The van der Waals surface area contributed by atoms with Gasteiger partial charge in [-0.05, 0) is 18.6 Å². The van der Waals surface area contributed by atoms with Gasteiger partial charge in [0.1, 0.15) is 6.54 Å². The van der Waals surface area contributed by atoms with Crippen LogP contribution in [0.25, 0.3) is 6.08 Å². The Balaban J connectivity index is 2.66. The molecule has 0 heterocycles. The maximum atomic E-state index is 12.0. The zero-order valence-corrected chi connectivity index (χ0v) is 11.6. The van der Waals surface area contributed by atoms with Gasteiger partial charge in [-0.2, -0.15) is 0 Å². The third-order valence-electron chi connectivity index (χ3n) is 2.50. The van der Waals surface area contributed by atoms with Gasteiger partial charge in [-0.3, -0.25) is 9.59 Å². The van der Waals surface area contributed by atoms with Crippen LogP contribution in [0.2, 0.25) is 0 Å². The Hall–Kier alpha value is -2.36. The Labute approximate surface area is 119 Å². The van der Waals surface area contributed by atoms with Crippen LogP contribution in [0.5, 0.6) is 0 Å². The third kappa shape index (κ3) is 5.52. The number of carbonyl (C=O) groups excluding carboxylic acids is 2. The van der Waals surface area contributed by atoms with Gasteiger partial charge in [0.15, 0.2) is 0 Å². The van der Waals surface area contributed by atoms with Gasteiger partial charge in [0, 0.05) is 12.6 Å². The molecule has 0 unspecified atom stereocenters. The maximum Gasteiger partial charge on any atom is 0.325 e. The van der Waals surface area contributed by atoms with E-state index in [4.69, 9.17) is 4.74 Å². The van der Waals surface area contributed by atoms with Crippen molar-refractivity contribution in [1.29, 1.82) is 0 Å².